The molecule has 0 aliphatic carbocycles. The fraction of sp³-hybridized carbons (Fsp3) is 0.467. The molecule has 108 valence electrons. The Bertz CT molecular complexity index is 444. The van der Waals surface area contributed by atoms with Crippen LogP contribution in [-0.2, 0) is 6.42 Å². The summed E-state index contributed by atoms with van der Waals surface area (Å²) in [5.74, 6) is 1.13. The van der Waals surface area contributed by atoms with Crippen molar-refractivity contribution >= 4 is 23.2 Å². The predicted octanol–water partition coefficient (Wildman–Crippen LogP) is 0.251. The van der Waals surface area contributed by atoms with Crippen molar-refractivity contribution < 1.29 is 4.99 Å². The van der Waals surface area contributed by atoms with E-state index in [1.807, 2.05) is 6.07 Å². The first kappa shape index (κ1) is 14.8. The number of thiocarbonyl (C=S) groups is 1. The first-order valence-electron chi connectivity index (χ1n) is 7.28. The van der Waals surface area contributed by atoms with E-state index in [4.69, 9.17) is 12.2 Å². The van der Waals surface area contributed by atoms with Crippen molar-refractivity contribution in [3.8, 4) is 0 Å². The van der Waals surface area contributed by atoms with E-state index in [0.717, 1.165) is 31.8 Å². The molecule has 1 aromatic rings. The lowest BCUT2D eigenvalue weighted by Crippen LogP contribution is -2.77. The SMILES string of the molecule is S=C(NCCc1ccccc1)NNC1=[NH+]CCCCC1. The smallest absolute Gasteiger partial charge is 0.265 e. The standard InChI is InChI=1S/C15H22N4S/c20-15(17-12-10-13-7-3-1-4-8-13)19-18-14-9-5-2-6-11-16-14/h1,3-4,7-8H,2,5-6,9-12H2,(H,16,18)(H2,17,19,20)/p+1. The summed E-state index contributed by atoms with van der Waals surface area (Å²) in [6.45, 7) is 1.87. The second kappa shape index (κ2) is 8.53. The van der Waals surface area contributed by atoms with Crippen molar-refractivity contribution in [1.82, 2.24) is 16.2 Å². The van der Waals surface area contributed by atoms with Crippen LogP contribution in [0.15, 0.2) is 30.3 Å². The lowest BCUT2D eigenvalue weighted by molar-refractivity contribution is -0.460. The number of benzene rings is 1. The van der Waals surface area contributed by atoms with Gasteiger partial charge in [-0.2, -0.15) is 5.43 Å². The summed E-state index contributed by atoms with van der Waals surface area (Å²) < 4.78 is 0. The van der Waals surface area contributed by atoms with Gasteiger partial charge >= 0.3 is 0 Å². The molecule has 0 saturated carbocycles. The Hall–Kier alpha value is -1.62. The van der Waals surface area contributed by atoms with Gasteiger partial charge in [-0.25, -0.2) is 5.43 Å². The normalized spacial score (nSPS) is 14.9. The zero-order valence-electron chi connectivity index (χ0n) is 11.7. The average molecular weight is 291 g/mol. The van der Waals surface area contributed by atoms with Crippen LogP contribution in [0.2, 0.25) is 0 Å². The highest BCUT2D eigenvalue weighted by Gasteiger charge is 2.09. The first-order chi connectivity index (χ1) is 9.84. The molecule has 5 heteroatoms. The molecule has 0 amide bonds. The first-order valence-corrected chi connectivity index (χ1v) is 7.69. The van der Waals surface area contributed by atoms with Crippen LogP contribution in [0.25, 0.3) is 0 Å². The van der Waals surface area contributed by atoms with E-state index in [0.29, 0.717) is 5.11 Å². The maximum atomic E-state index is 5.25. The molecule has 4 nitrogen and oxygen atoms in total. The molecule has 0 bridgehead atoms. The highest BCUT2D eigenvalue weighted by molar-refractivity contribution is 7.80. The monoisotopic (exact) mass is 291 g/mol. The van der Waals surface area contributed by atoms with E-state index >= 15 is 0 Å². The quantitative estimate of drug-likeness (QED) is 0.476. The van der Waals surface area contributed by atoms with E-state index in [-0.39, 0.29) is 0 Å². The van der Waals surface area contributed by atoms with E-state index in [1.54, 1.807) is 0 Å². The van der Waals surface area contributed by atoms with Crippen molar-refractivity contribution in [3.63, 3.8) is 0 Å². The summed E-state index contributed by atoms with van der Waals surface area (Å²) >= 11 is 5.25. The Labute approximate surface area is 126 Å². The van der Waals surface area contributed by atoms with Crippen molar-refractivity contribution in [1.29, 1.82) is 0 Å². The number of hydrogen-bond acceptors (Lipinski definition) is 2. The van der Waals surface area contributed by atoms with Crippen molar-refractivity contribution in [2.24, 2.45) is 0 Å². The van der Waals surface area contributed by atoms with Gasteiger partial charge in [0.2, 0.25) is 5.11 Å². The third kappa shape index (κ3) is 5.57. The summed E-state index contributed by atoms with van der Waals surface area (Å²) in [5.41, 5.74) is 7.51. The van der Waals surface area contributed by atoms with E-state index in [1.165, 1.54) is 24.8 Å². The molecule has 20 heavy (non-hydrogen) atoms. The highest BCUT2D eigenvalue weighted by Crippen LogP contribution is 1.99. The Balaban J connectivity index is 1.61. The molecule has 0 aromatic heterocycles. The van der Waals surface area contributed by atoms with Gasteiger partial charge in [-0.05, 0) is 43.5 Å². The summed E-state index contributed by atoms with van der Waals surface area (Å²) in [6.07, 6.45) is 5.78. The van der Waals surface area contributed by atoms with Crippen LogP contribution in [0, 0.1) is 0 Å². The topological polar surface area (TPSA) is 50.1 Å². The van der Waals surface area contributed by atoms with Crippen LogP contribution in [-0.4, -0.2) is 24.0 Å². The summed E-state index contributed by atoms with van der Waals surface area (Å²) in [5, 5.41) is 3.84. The highest BCUT2D eigenvalue weighted by atomic mass is 32.1. The van der Waals surface area contributed by atoms with Gasteiger partial charge in [-0.1, -0.05) is 30.3 Å². The van der Waals surface area contributed by atoms with Crippen LogP contribution in [0.1, 0.15) is 31.2 Å². The van der Waals surface area contributed by atoms with Crippen molar-refractivity contribution in [2.45, 2.75) is 32.1 Å². The zero-order chi connectivity index (χ0) is 14.0. The molecule has 0 atom stereocenters. The molecule has 0 spiro atoms. The number of amidine groups is 1. The fourth-order valence-electron chi connectivity index (χ4n) is 2.18. The molecule has 1 aliphatic rings. The molecule has 2 rings (SSSR count). The Kier molecular flexibility index (Phi) is 6.31. The minimum absolute atomic E-state index is 0.638. The molecular formula is C15H23N4S+. The molecular weight excluding hydrogens is 268 g/mol. The van der Waals surface area contributed by atoms with E-state index in [9.17, 15) is 0 Å². The van der Waals surface area contributed by atoms with Crippen LogP contribution >= 0.6 is 12.2 Å². The Morgan fingerprint density at radius 3 is 2.85 bits per heavy atom. The number of hydrazine groups is 1. The largest absolute Gasteiger partial charge is 0.360 e. The predicted molar refractivity (Wildman–Crippen MR) is 86.3 cm³/mol. The second-order valence-corrected chi connectivity index (χ2v) is 5.37. The molecule has 1 aliphatic heterocycles. The third-order valence-electron chi connectivity index (χ3n) is 3.31. The number of hydrogen-bond donors (Lipinski definition) is 4. The van der Waals surface area contributed by atoms with Crippen LogP contribution < -0.4 is 21.2 Å². The minimum Gasteiger partial charge on any atom is -0.360 e. The lowest BCUT2D eigenvalue weighted by Gasteiger charge is -2.08. The Morgan fingerprint density at radius 2 is 2.00 bits per heavy atom. The molecule has 0 radical (unpaired) electrons. The molecule has 1 heterocycles. The molecule has 1 aromatic carbocycles. The van der Waals surface area contributed by atoms with Gasteiger partial charge in [-0.15, -0.1) is 0 Å². The maximum absolute atomic E-state index is 5.25. The summed E-state index contributed by atoms with van der Waals surface area (Å²) in [7, 11) is 0. The maximum Gasteiger partial charge on any atom is 0.265 e. The third-order valence-corrected chi connectivity index (χ3v) is 3.56. The van der Waals surface area contributed by atoms with Gasteiger partial charge in [0.15, 0.2) is 0 Å². The van der Waals surface area contributed by atoms with Crippen LogP contribution in [0.4, 0.5) is 0 Å². The van der Waals surface area contributed by atoms with Crippen LogP contribution in [0.3, 0.4) is 0 Å². The zero-order valence-corrected chi connectivity index (χ0v) is 12.6. The fourth-order valence-corrected chi connectivity index (χ4v) is 2.33. The van der Waals surface area contributed by atoms with Gasteiger partial charge in [0.25, 0.3) is 5.84 Å². The van der Waals surface area contributed by atoms with Gasteiger partial charge in [0.1, 0.15) is 0 Å². The average Bonchev–Trinajstić information content (AvgIpc) is 2.75. The number of nitrogens with one attached hydrogen (secondary N) is 4. The van der Waals surface area contributed by atoms with Gasteiger partial charge in [-0.3, -0.25) is 4.99 Å². The van der Waals surface area contributed by atoms with Crippen molar-refractivity contribution in [2.75, 3.05) is 13.1 Å². The van der Waals surface area contributed by atoms with Gasteiger partial charge in [0.05, 0.1) is 13.0 Å². The number of rotatable bonds is 3. The van der Waals surface area contributed by atoms with E-state index in [2.05, 4.69) is 45.4 Å². The van der Waals surface area contributed by atoms with Gasteiger partial charge < -0.3 is 5.32 Å². The molecule has 4 N–H and O–H groups in total. The Morgan fingerprint density at radius 1 is 1.15 bits per heavy atom. The molecule has 0 saturated heterocycles. The van der Waals surface area contributed by atoms with Crippen LogP contribution in [0.5, 0.6) is 0 Å². The summed E-state index contributed by atoms with van der Waals surface area (Å²) in [4.78, 5) is 3.37. The lowest BCUT2D eigenvalue weighted by atomic mass is 10.1. The summed E-state index contributed by atoms with van der Waals surface area (Å²) in [6, 6.07) is 10.4. The van der Waals surface area contributed by atoms with Gasteiger partial charge in [0, 0.05) is 6.54 Å². The minimum atomic E-state index is 0.638. The van der Waals surface area contributed by atoms with Crippen molar-refractivity contribution in [3.05, 3.63) is 35.9 Å². The second-order valence-electron chi connectivity index (χ2n) is 4.96. The molecule has 0 fully saturated rings. The molecule has 0 unspecified atom stereocenters. The van der Waals surface area contributed by atoms with E-state index < -0.39 is 0 Å².